The molecule has 1 aromatic carbocycles. The molecule has 0 fully saturated rings. The maximum absolute atomic E-state index is 11.9. The Balaban J connectivity index is 2.43. The standard InChI is InChI=1S/C13H18N2O2S/c1-9(2)18(16,17)8-11-6-12-10(7-14)4-3-5-13(12)15-11/h3-6,9,15H,7-8,14H2,1-2H3. The van der Waals surface area contributed by atoms with E-state index in [1.807, 2.05) is 24.3 Å². The number of benzene rings is 1. The highest BCUT2D eigenvalue weighted by Crippen LogP contribution is 2.21. The van der Waals surface area contributed by atoms with Gasteiger partial charge in [-0.15, -0.1) is 0 Å². The molecule has 0 spiro atoms. The van der Waals surface area contributed by atoms with E-state index in [0.29, 0.717) is 6.54 Å². The van der Waals surface area contributed by atoms with E-state index in [9.17, 15) is 8.42 Å². The summed E-state index contributed by atoms with van der Waals surface area (Å²) in [7, 11) is -3.08. The largest absolute Gasteiger partial charge is 0.358 e. The van der Waals surface area contributed by atoms with Gasteiger partial charge in [0.25, 0.3) is 0 Å². The molecular formula is C13H18N2O2S. The van der Waals surface area contributed by atoms with Crippen LogP contribution < -0.4 is 5.73 Å². The predicted octanol–water partition coefficient (Wildman–Crippen LogP) is 1.95. The molecule has 5 heteroatoms. The minimum absolute atomic E-state index is 0.0450. The fourth-order valence-corrected chi connectivity index (χ4v) is 2.84. The molecule has 1 aromatic heterocycles. The van der Waals surface area contributed by atoms with Crippen molar-refractivity contribution in [2.75, 3.05) is 0 Å². The summed E-state index contributed by atoms with van der Waals surface area (Å²) in [6.45, 7) is 3.85. The summed E-state index contributed by atoms with van der Waals surface area (Å²) in [5.41, 5.74) is 8.35. The maximum Gasteiger partial charge on any atom is 0.158 e. The van der Waals surface area contributed by atoms with Crippen LogP contribution in [0.25, 0.3) is 10.9 Å². The van der Waals surface area contributed by atoms with Gasteiger partial charge in [-0.05, 0) is 31.5 Å². The van der Waals surface area contributed by atoms with Crippen LogP contribution in [0.3, 0.4) is 0 Å². The molecule has 4 nitrogen and oxygen atoms in total. The number of fused-ring (bicyclic) bond motifs is 1. The lowest BCUT2D eigenvalue weighted by Gasteiger charge is -2.05. The Hall–Kier alpha value is -1.33. The number of sulfone groups is 1. The van der Waals surface area contributed by atoms with Gasteiger partial charge in [0.15, 0.2) is 9.84 Å². The second-order valence-corrected chi connectivity index (χ2v) is 7.29. The number of aromatic nitrogens is 1. The summed E-state index contributed by atoms with van der Waals surface area (Å²) in [4.78, 5) is 3.15. The van der Waals surface area contributed by atoms with Gasteiger partial charge >= 0.3 is 0 Å². The SMILES string of the molecule is CC(C)S(=O)(=O)Cc1cc2c(CN)cccc2[nH]1. The molecule has 2 rings (SSSR count). The lowest BCUT2D eigenvalue weighted by molar-refractivity contribution is 0.586. The third-order valence-corrected chi connectivity index (χ3v) is 5.25. The van der Waals surface area contributed by atoms with Gasteiger partial charge < -0.3 is 10.7 Å². The van der Waals surface area contributed by atoms with E-state index in [1.165, 1.54) is 0 Å². The quantitative estimate of drug-likeness (QED) is 0.888. The first-order chi connectivity index (χ1) is 8.44. The Bertz CT molecular complexity index is 657. The van der Waals surface area contributed by atoms with E-state index >= 15 is 0 Å². The Kier molecular flexibility index (Phi) is 3.45. The zero-order valence-electron chi connectivity index (χ0n) is 10.6. The third-order valence-electron chi connectivity index (χ3n) is 3.11. The molecule has 18 heavy (non-hydrogen) atoms. The molecular weight excluding hydrogens is 248 g/mol. The molecule has 0 aliphatic heterocycles. The molecule has 0 radical (unpaired) electrons. The second kappa shape index (κ2) is 4.74. The van der Waals surface area contributed by atoms with Gasteiger partial charge in [0.05, 0.1) is 11.0 Å². The van der Waals surface area contributed by atoms with Crippen molar-refractivity contribution in [1.82, 2.24) is 4.98 Å². The van der Waals surface area contributed by atoms with Crippen LogP contribution in [0.4, 0.5) is 0 Å². The smallest absolute Gasteiger partial charge is 0.158 e. The lowest BCUT2D eigenvalue weighted by Crippen LogP contribution is -2.16. The summed E-state index contributed by atoms with van der Waals surface area (Å²) in [5.74, 6) is 0.0450. The van der Waals surface area contributed by atoms with Crippen LogP contribution in [0, 0.1) is 0 Å². The molecule has 0 saturated carbocycles. The highest BCUT2D eigenvalue weighted by Gasteiger charge is 2.18. The van der Waals surface area contributed by atoms with Gasteiger partial charge in [0, 0.05) is 23.1 Å². The minimum Gasteiger partial charge on any atom is -0.358 e. The molecule has 0 aliphatic rings. The van der Waals surface area contributed by atoms with E-state index in [-0.39, 0.29) is 11.0 Å². The summed E-state index contributed by atoms with van der Waals surface area (Å²) >= 11 is 0. The Morgan fingerprint density at radius 1 is 1.33 bits per heavy atom. The molecule has 98 valence electrons. The van der Waals surface area contributed by atoms with Crippen LogP contribution in [-0.2, 0) is 22.1 Å². The number of hydrogen-bond acceptors (Lipinski definition) is 3. The van der Waals surface area contributed by atoms with Crippen molar-refractivity contribution in [1.29, 1.82) is 0 Å². The Morgan fingerprint density at radius 2 is 2.06 bits per heavy atom. The van der Waals surface area contributed by atoms with Gasteiger partial charge in [0.2, 0.25) is 0 Å². The van der Waals surface area contributed by atoms with Crippen molar-refractivity contribution in [2.45, 2.75) is 31.4 Å². The second-order valence-electron chi connectivity index (χ2n) is 4.73. The molecule has 3 N–H and O–H groups in total. The molecule has 0 bridgehead atoms. The van der Waals surface area contributed by atoms with E-state index in [1.54, 1.807) is 13.8 Å². The van der Waals surface area contributed by atoms with E-state index < -0.39 is 9.84 Å². The minimum atomic E-state index is -3.08. The number of rotatable bonds is 4. The van der Waals surface area contributed by atoms with Crippen LogP contribution in [0.5, 0.6) is 0 Å². The molecule has 1 heterocycles. The predicted molar refractivity (Wildman–Crippen MR) is 73.9 cm³/mol. The fourth-order valence-electron chi connectivity index (χ4n) is 1.91. The summed E-state index contributed by atoms with van der Waals surface area (Å²) < 4.78 is 23.8. The summed E-state index contributed by atoms with van der Waals surface area (Å²) in [6, 6.07) is 7.69. The monoisotopic (exact) mass is 266 g/mol. The maximum atomic E-state index is 11.9. The van der Waals surface area contributed by atoms with Crippen molar-refractivity contribution in [3.05, 3.63) is 35.5 Å². The number of aromatic amines is 1. The van der Waals surface area contributed by atoms with Crippen molar-refractivity contribution in [3.8, 4) is 0 Å². The van der Waals surface area contributed by atoms with Gasteiger partial charge in [-0.1, -0.05) is 12.1 Å². The zero-order chi connectivity index (χ0) is 13.3. The van der Waals surface area contributed by atoms with Crippen LogP contribution in [0.15, 0.2) is 24.3 Å². The highest BCUT2D eigenvalue weighted by atomic mass is 32.2. The van der Waals surface area contributed by atoms with E-state index in [2.05, 4.69) is 4.98 Å². The van der Waals surface area contributed by atoms with Crippen molar-refractivity contribution in [2.24, 2.45) is 5.73 Å². The van der Waals surface area contributed by atoms with Crippen molar-refractivity contribution in [3.63, 3.8) is 0 Å². The first-order valence-electron chi connectivity index (χ1n) is 5.95. The normalized spacial score (nSPS) is 12.4. The first kappa shape index (κ1) is 13.1. The van der Waals surface area contributed by atoms with Crippen LogP contribution >= 0.6 is 0 Å². The van der Waals surface area contributed by atoms with Crippen LogP contribution in [-0.4, -0.2) is 18.7 Å². The Morgan fingerprint density at radius 3 is 2.67 bits per heavy atom. The average molecular weight is 266 g/mol. The number of nitrogens with two attached hydrogens (primary N) is 1. The summed E-state index contributed by atoms with van der Waals surface area (Å²) in [5, 5.41) is 0.645. The Labute approximate surface area is 107 Å². The number of nitrogens with one attached hydrogen (secondary N) is 1. The zero-order valence-corrected chi connectivity index (χ0v) is 11.4. The fraction of sp³-hybridized carbons (Fsp3) is 0.385. The van der Waals surface area contributed by atoms with Crippen molar-refractivity contribution >= 4 is 20.7 Å². The van der Waals surface area contributed by atoms with Crippen LogP contribution in [0.1, 0.15) is 25.1 Å². The molecule has 2 aromatic rings. The molecule has 0 unspecified atom stereocenters. The first-order valence-corrected chi connectivity index (χ1v) is 7.66. The molecule has 0 amide bonds. The molecule has 0 aliphatic carbocycles. The molecule has 0 saturated heterocycles. The van der Waals surface area contributed by atoms with Gasteiger partial charge in [-0.25, -0.2) is 8.42 Å². The number of H-pyrrole nitrogens is 1. The van der Waals surface area contributed by atoms with E-state index in [0.717, 1.165) is 22.2 Å². The van der Waals surface area contributed by atoms with Crippen LogP contribution in [0.2, 0.25) is 0 Å². The van der Waals surface area contributed by atoms with E-state index in [4.69, 9.17) is 5.73 Å². The highest BCUT2D eigenvalue weighted by molar-refractivity contribution is 7.91. The topological polar surface area (TPSA) is 75.9 Å². The molecule has 0 atom stereocenters. The van der Waals surface area contributed by atoms with Gasteiger partial charge in [-0.3, -0.25) is 0 Å². The number of hydrogen-bond donors (Lipinski definition) is 2. The lowest BCUT2D eigenvalue weighted by atomic mass is 10.1. The van der Waals surface area contributed by atoms with Gasteiger partial charge in [-0.2, -0.15) is 0 Å². The average Bonchev–Trinajstić information content (AvgIpc) is 2.69. The van der Waals surface area contributed by atoms with Crippen molar-refractivity contribution < 1.29 is 8.42 Å². The third kappa shape index (κ3) is 2.42. The van der Waals surface area contributed by atoms with Gasteiger partial charge in [0.1, 0.15) is 0 Å². The summed E-state index contributed by atoms with van der Waals surface area (Å²) in [6.07, 6.45) is 0.